The van der Waals surface area contributed by atoms with Crippen LogP contribution in [0.4, 0.5) is 11.5 Å². The van der Waals surface area contributed by atoms with Gasteiger partial charge in [0.1, 0.15) is 5.82 Å². The number of carbonyl (C=O) groups is 1. The van der Waals surface area contributed by atoms with Gasteiger partial charge in [0.2, 0.25) is 0 Å². The Kier molecular flexibility index (Phi) is 5.35. The van der Waals surface area contributed by atoms with Crippen LogP contribution in [0.5, 0.6) is 0 Å². The molecule has 0 radical (unpaired) electrons. The molecule has 0 unspecified atom stereocenters. The maximum absolute atomic E-state index is 11.2. The Balaban J connectivity index is 2.58. The number of hydrogen-bond donors (Lipinski definition) is 3. The molecule has 5 nitrogen and oxygen atoms in total. The molecule has 0 aliphatic carbocycles. The quantitative estimate of drug-likeness (QED) is 0.499. The molecule has 1 heterocycles. The van der Waals surface area contributed by atoms with E-state index >= 15 is 0 Å². The Morgan fingerprint density at radius 3 is 3.06 bits per heavy atom. The lowest BCUT2D eigenvalue weighted by atomic mass is 10.2. The fourth-order valence-electron chi connectivity index (χ4n) is 1.22. The molecule has 6 heteroatoms. The van der Waals surface area contributed by atoms with E-state index in [1.54, 1.807) is 11.8 Å². The van der Waals surface area contributed by atoms with Crippen LogP contribution in [0.3, 0.4) is 0 Å². The van der Waals surface area contributed by atoms with Crippen molar-refractivity contribution in [1.82, 2.24) is 4.98 Å². The summed E-state index contributed by atoms with van der Waals surface area (Å²) in [5.74, 6) is 1.74. The molecular weight excluding hydrogens is 236 g/mol. The molecule has 0 aromatic carbocycles. The largest absolute Gasteiger partial charge is 0.397 e. The lowest BCUT2D eigenvalue weighted by molar-refractivity contribution is 0.100. The second-order valence-electron chi connectivity index (χ2n) is 3.32. The zero-order chi connectivity index (χ0) is 12.7. The number of thioether (sulfide) groups is 1. The number of aromatic nitrogens is 1. The Bertz CT molecular complexity index is 408. The Morgan fingerprint density at radius 2 is 2.41 bits per heavy atom. The summed E-state index contributed by atoms with van der Waals surface area (Å²) in [5, 5.41) is 3.06. The van der Waals surface area contributed by atoms with E-state index in [-0.39, 0.29) is 0 Å². The predicted octanol–water partition coefficient (Wildman–Crippen LogP) is 1.09. The summed E-state index contributed by atoms with van der Waals surface area (Å²) in [6, 6.07) is 1.52. The van der Waals surface area contributed by atoms with Crippen molar-refractivity contribution in [3.05, 3.63) is 30.5 Å². The third kappa shape index (κ3) is 4.36. The smallest absolute Gasteiger partial charge is 0.252 e. The first-order valence-electron chi connectivity index (χ1n) is 5.13. The zero-order valence-electron chi connectivity index (χ0n) is 9.48. The maximum Gasteiger partial charge on any atom is 0.252 e. The Hall–Kier alpha value is -1.69. The molecule has 0 fully saturated rings. The molecule has 1 rings (SSSR count). The molecule has 0 aliphatic rings. The average molecular weight is 252 g/mol. The first-order valence-corrected chi connectivity index (χ1v) is 6.28. The number of nitrogen functional groups attached to an aromatic ring is 1. The maximum atomic E-state index is 11.2. The van der Waals surface area contributed by atoms with Crippen LogP contribution in [0.1, 0.15) is 10.4 Å². The van der Waals surface area contributed by atoms with Crippen LogP contribution < -0.4 is 16.8 Å². The Morgan fingerprint density at radius 1 is 1.65 bits per heavy atom. The molecule has 1 amide bonds. The number of nitrogens with two attached hydrogens (primary N) is 2. The number of carbonyl (C=O) groups excluding carboxylic acids is 1. The van der Waals surface area contributed by atoms with Crippen molar-refractivity contribution in [2.45, 2.75) is 0 Å². The van der Waals surface area contributed by atoms with Gasteiger partial charge in [0.25, 0.3) is 5.91 Å². The summed E-state index contributed by atoms with van der Waals surface area (Å²) in [6.45, 7) is 4.34. The topological polar surface area (TPSA) is 94.0 Å². The molecule has 0 spiro atoms. The number of primary amides is 1. The highest BCUT2D eigenvalue weighted by molar-refractivity contribution is 7.99. The van der Waals surface area contributed by atoms with Gasteiger partial charge in [0.05, 0.1) is 17.4 Å². The zero-order valence-corrected chi connectivity index (χ0v) is 10.3. The van der Waals surface area contributed by atoms with Crippen LogP contribution in [-0.2, 0) is 0 Å². The van der Waals surface area contributed by atoms with Crippen LogP contribution in [0, 0.1) is 0 Å². The number of hydrogen-bond acceptors (Lipinski definition) is 5. The number of pyridine rings is 1. The standard InChI is InChI=1S/C11H16N4OS/c1-2-4-17-5-3-14-11-9(10(13)16)6-8(12)7-15-11/h2,6-7H,1,3-5,12H2,(H2,13,16)(H,14,15). The van der Waals surface area contributed by atoms with E-state index < -0.39 is 5.91 Å². The number of nitrogens with one attached hydrogen (secondary N) is 1. The molecule has 0 saturated carbocycles. The number of rotatable bonds is 7. The van der Waals surface area contributed by atoms with E-state index in [1.807, 2.05) is 6.08 Å². The fraction of sp³-hybridized carbons (Fsp3) is 0.273. The normalized spacial score (nSPS) is 9.88. The van der Waals surface area contributed by atoms with Crippen molar-refractivity contribution in [2.24, 2.45) is 5.73 Å². The minimum atomic E-state index is -0.536. The molecule has 1 aromatic rings. The molecule has 17 heavy (non-hydrogen) atoms. The monoisotopic (exact) mass is 252 g/mol. The summed E-state index contributed by atoms with van der Waals surface area (Å²) >= 11 is 1.74. The van der Waals surface area contributed by atoms with Gasteiger partial charge in [-0.2, -0.15) is 11.8 Å². The van der Waals surface area contributed by atoms with Gasteiger partial charge in [-0.15, -0.1) is 6.58 Å². The van der Waals surface area contributed by atoms with Crippen LogP contribution in [0.15, 0.2) is 24.9 Å². The predicted molar refractivity (Wildman–Crippen MR) is 73.2 cm³/mol. The van der Waals surface area contributed by atoms with Crippen LogP contribution in [0.25, 0.3) is 0 Å². The van der Waals surface area contributed by atoms with Crippen LogP contribution >= 0.6 is 11.8 Å². The van der Waals surface area contributed by atoms with E-state index in [0.717, 1.165) is 11.5 Å². The minimum absolute atomic E-state index is 0.318. The van der Waals surface area contributed by atoms with Gasteiger partial charge in [-0.25, -0.2) is 4.98 Å². The number of amides is 1. The van der Waals surface area contributed by atoms with Crippen molar-refractivity contribution in [3.8, 4) is 0 Å². The van der Waals surface area contributed by atoms with E-state index in [9.17, 15) is 4.79 Å². The van der Waals surface area contributed by atoms with Gasteiger partial charge in [0.15, 0.2) is 0 Å². The summed E-state index contributed by atoms with van der Waals surface area (Å²) in [5.41, 5.74) is 11.5. The molecule has 0 saturated heterocycles. The fourth-order valence-corrected chi connectivity index (χ4v) is 1.80. The van der Waals surface area contributed by atoms with E-state index in [0.29, 0.717) is 23.6 Å². The lowest BCUT2D eigenvalue weighted by Crippen LogP contribution is -2.17. The van der Waals surface area contributed by atoms with Gasteiger partial charge in [-0.3, -0.25) is 4.79 Å². The number of anilines is 2. The summed E-state index contributed by atoms with van der Waals surface area (Å²) in [7, 11) is 0. The lowest BCUT2D eigenvalue weighted by Gasteiger charge is -2.09. The SMILES string of the molecule is C=CCSCCNc1ncc(N)cc1C(N)=O. The second kappa shape index (κ2) is 6.80. The van der Waals surface area contributed by atoms with E-state index in [4.69, 9.17) is 11.5 Å². The molecule has 5 N–H and O–H groups in total. The first-order chi connectivity index (χ1) is 8.15. The summed E-state index contributed by atoms with van der Waals surface area (Å²) in [4.78, 5) is 15.2. The molecule has 1 aromatic heterocycles. The molecule has 0 bridgehead atoms. The highest BCUT2D eigenvalue weighted by Crippen LogP contribution is 2.14. The van der Waals surface area contributed by atoms with Crippen molar-refractivity contribution < 1.29 is 4.79 Å². The second-order valence-corrected chi connectivity index (χ2v) is 4.47. The Labute approximate surface area is 105 Å². The first kappa shape index (κ1) is 13.4. The van der Waals surface area contributed by atoms with Gasteiger partial charge in [-0.05, 0) is 6.07 Å². The highest BCUT2D eigenvalue weighted by atomic mass is 32.2. The molecule has 92 valence electrons. The third-order valence-corrected chi connectivity index (χ3v) is 2.91. The van der Waals surface area contributed by atoms with E-state index in [2.05, 4.69) is 16.9 Å². The molecular formula is C11H16N4OS. The highest BCUT2D eigenvalue weighted by Gasteiger charge is 2.09. The molecule has 0 atom stereocenters. The van der Waals surface area contributed by atoms with Crippen molar-refractivity contribution in [2.75, 3.05) is 29.1 Å². The summed E-state index contributed by atoms with van der Waals surface area (Å²) in [6.07, 6.45) is 3.34. The van der Waals surface area contributed by atoms with E-state index in [1.165, 1.54) is 12.3 Å². The van der Waals surface area contributed by atoms with Crippen molar-refractivity contribution in [1.29, 1.82) is 0 Å². The van der Waals surface area contributed by atoms with Gasteiger partial charge in [0, 0.05) is 18.1 Å². The number of nitrogens with zero attached hydrogens (tertiary/aromatic N) is 1. The third-order valence-electron chi connectivity index (χ3n) is 1.95. The minimum Gasteiger partial charge on any atom is -0.397 e. The van der Waals surface area contributed by atoms with Crippen molar-refractivity contribution >= 4 is 29.2 Å². The summed E-state index contributed by atoms with van der Waals surface area (Å²) < 4.78 is 0. The van der Waals surface area contributed by atoms with Gasteiger partial charge < -0.3 is 16.8 Å². The average Bonchev–Trinajstić information content (AvgIpc) is 2.30. The van der Waals surface area contributed by atoms with Gasteiger partial charge >= 0.3 is 0 Å². The van der Waals surface area contributed by atoms with Gasteiger partial charge in [-0.1, -0.05) is 6.08 Å². The van der Waals surface area contributed by atoms with Crippen molar-refractivity contribution in [3.63, 3.8) is 0 Å². The molecule has 0 aliphatic heterocycles. The van der Waals surface area contributed by atoms with Crippen LogP contribution in [0.2, 0.25) is 0 Å². The van der Waals surface area contributed by atoms with Crippen LogP contribution in [-0.4, -0.2) is 28.9 Å².